The van der Waals surface area contributed by atoms with Crippen LogP contribution in [0.25, 0.3) is 0 Å². The van der Waals surface area contributed by atoms with E-state index < -0.39 is 0 Å². The van der Waals surface area contributed by atoms with Crippen molar-refractivity contribution in [1.29, 1.82) is 0 Å². The summed E-state index contributed by atoms with van der Waals surface area (Å²) in [6, 6.07) is 1.13. The van der Waals surface area contributed by atoms with Crippen molar-refractivity contribution in [3.8, 4) is 0 Å². The largest absolute Gasteiger partial charge is 0.579 e. The van der Waals surface area contributed by atoms with E-state index in [9.17, 15) is 0 Å². The zero-order chi connectivity index (χ0) is 8.27. The van der Waals surface area contributed by atoms with E-state index >= 15 is 0 Å². The Labute approximate surface area is 70.8 Å². The lowest BCUT2D eigenvalue weighted by atomic mass is 9.88. The lowest BCUT2D eigenvalue weighted by Gasteiger charge is -2.45. The monoisotopic (exact) mass is 152 g/mol. The molecular weight excluding hydrogens is 135 g/mol. The predicted octanol–water partition coefficient (Wildman–Crippen LogP) is 0.532. The molecule has 0 aromatic rings. The van der Waals surface area contributed by atoms with Crippen LogP contribution in [0.5, 0.6) is 0 Å². The second-order valence-corrected chi connectivity index (χ2v) is 3.41. The highest BCUT2D eigenvalue weighted by Gasteiger charge is 2.20. The standard InChI is InChI=1S/C8H17BN2/c1-10-7-5-3-4-6-8(7)11(2)9/h7-8,10H,3-6H2,1-2H3/q-1/t7-,8-/m1/s1. The molecule has 63 valence electrons. The molecule has 0 spiro atoms. The lowest BCUT2D eigenvalue weighted by molar-refractivity contribution is 0.235. The van der Waals surface area contributed by atoms with Crippen molar-refractivity contribution in [3.05, 3.63) is 0 Å². The summed E-state index contributed by atoms with van der Waals surface area (Å²) in [4.78, 5) is 1.85. The van der Waals surface area contributed by atoms with Crippen molar-refractivity contribution >= 4 is 7.98 Å². The van der Waals surface area contributed by atoms with E-state index in [-0.39, 0.29) is 0 Å². The van der Waals surface area contributed by atoms with Crippen LogP contribution in [0.4, 0.5) is 0 Å². The summed E-state index contributed by atoms with van der Waals surface area (Å²) in [6.07, 6.45) is 5.17. The fourth-order valence-corrected chi connectivity index (χ4v) is 1.94. The summed E-state index contributed by atoms with van der Waals surface area (Å²) in [5.41, 5.74) is 0. The van der Waals surface area contributed by atoms with E-state index in [1.807, 2.05) is 18.9 Å². The maximum Gasteiger partial charge on any atom is 0.0185 e. The van der Waals surface area contributed by atoms with E-state index in [1.165, 1.54) is 25.7 Å². The minimum absolute atomic E-state index is 0.536. The third-order valence-corrected chi connectivity index (χ3v) is 2.62. The zero-order valence-electron chi connectivity index (χ0n) is 7.51. The first-order valence-electron chi connectivity index (χ1n) is 4.40. The summed E-state index contributed by atoms with van der Waals surface area (Å²) in [7, 11) is 9.71. The summed E-state index contributed by atoms with van der Waals surface area (Å²) in [6.45, 7) is 0. The number of hydrogen-bond donors (Lipinski definition) is 1. The lowest BCUT2D eigenvalue weighted by Crippen LogP contribution is -2.48. The van der Waals surface area contributed by atoms with Gasteiger partial charge in [-0.1, -0.05) is 19.9 Å². The Balaban J connectivity index is 2.44. The molecule has 0 amide bonds. The van der Waals surface area contributed by atoms with Crippen LogP contribution < -0.4 is 5.32 Å². The Bertz CT molecular complexity index is 117. The van der Waals surface area contributed by atoms with Gasteiger partial charge in [0, 0.05) is 6.04 Å². The maximum atomic E-state index is 5.73. The SMILES string of the molecule is [B-]N(C)[C@@H]1CCCC[C@H]1NC. The molecule has 11 heavy (non-hydrogen) atoms. The van der Waals surface area contributed by atoms with Crippen LogP contribution in [0, 0.1) is 0 Å². The molecule has 0 saturated heterocycles. The summed E-state index contributed by atoms with van der Waals surface area (Å²) in [5, 5.41) is 3.31. The Kier molecular flexibility index (Phi) is 3.40. The van der Waals surface area contributed by atoms with Crippen molar-refractivity contribution in [3.63, 3.8) is 0 Å². The molecule has 0 heterocycles. The molecule has 0 unspecified atom stereocenters. The summed E-state index contributed by atoms with van der Waals surface area (Å²) < 4.78 is 0. The van der Waals surface area contributed by atoms with Crippen molar-refractivity contribution in [1.82, 2.24) is 10.1 Å². The molecule has 1 fully saturated rings. The molecule has 1 N–H and O–H groups in total. The van der Waals surface area contributed by atoms with Gasteiger partial charge in [0.05, 0.1) is 0 Å². The molecular formula is C8H17BN2-. The van der Waals surface area contributed by atoms with Gasteiger partial charge in [-0.15, -0.1) is 0 Å². The van der Waals surface area contributed by atoms with Crippen LogP contribution in [-0.2, 0) is 0 Å². The average molecular weight is 152 g/mol. The number of hydrogen-bond acceptors (Lipinski definition) is 2. The van der Waals surface area contributed by atoms with Gasteiger partial charge in [-0.3, -0.25) is 0 Å². The van der Waals surface area contributed by atoms with E-state index in [0.717, 1.165) is 0 Å². The van der Waals surface area contributed by atoms with Crippen LogP contribution in [0.3, 0.4) is 0 Å². The molecule has 1 saturated carbocycles. The van der Waals surface area contributed by atoms with Crippen LogP contribution in [0.2, 0.25) is 0 Å². The van der Waals surface area contributed by atoms with Gasteiger partial charge in [-0.2, -0.15) is 0 Å². The Morgan fingerprint density at radius 2 is 2.00 bits per heavy atom. The highest BCUT2D eigenvalue weighted by molar-refractivity contribution is 6.04. The van der Waals surface area contributed by atoms with Crippen LogP contribution in [0.15, 0.2) is 0 Å². The van der Waals surface area contributed by atoms with Gasteiger partial charge in [0.2, 0.25) is 0 Å². The fraction of sp³-hybridized carbons (Fsp3) is 1.00. The number of rotatable bonds is 2. The van der Waals surface area contributed by atoms with Gasteiger partial charge in [-0.05, 0) is 25.9 Å². The van der Waals surface area contributed by atoms with Gasteiger partial charge in [0.1, 0.15) is 0 Å². The van der Waals surface area contributed by atoms with Gasteiger partial charge < -0.3 is 18.1 Å². The van der Waals surface area contributed by atoms with E-state index in [0.29, 0.717) is 12.1 Å². The summed E-state index contributed by atoms with van der Waals surface area (Å²) in [5.74, 6) is 0. The van der Waals surface area contributed by atoms with Gasteiger partial charge in [0.15, 0.2) is 0 Å². The first-order chi connectivity index (χ1) is 5.25. The second-order valence-electron chi connectivity index (χ2n) is 3.41. The molecule has 0 aromatic heterocycles. The smallest absolute Gasteiger partial charge is 0.0185 e. The van der Waals surface area contributed by atoms with Crippen LogP contribution >= 0.6 is 0 Å². The highest BCUT2D eigenvalue weighted by Crippen LogP contribution is 2.20. The van der Waals surface area contributed by atoms with Gasteiger partial charge in [-0.25, -0.2) is 0 Å². The quantitative estimate of drug-likeness (QED) is 0.580. The topological polar surface area (TPSA) is 15.3 Å². The van der Waals surface area contributed by atoms with Crippen molar-refractivity contribution in [2.75, 3.05) is 14.1 Å². The third kappa shape index (κ3) is 2.21. The normalized spacial score (nSPS) is 32.7. The number of nitrogens with one attached hydrogen (secondary N) is 1. The minimum Gasteiger partial charge on any atom is -0.579 e. The number of likely N-dealkylation sites (N-methyl/N-ethyl adjacent to an activating group) is 2. The third-order valence-electron chi connectivity index (χ3n) is 2.62. The van der Waals surface area contributed by atoms with Gasteiger partial charge >= 0.3 is 0 Å². The van der Waals surface area contributed by atoms with Gasteiger partial charge in [0.25, 0.3) is 0 Å². The average Bonchev–Trinajstić information content (AvgIpc) is 2.04. The molecule has 0 aromatic carbocycles. The van der Waals surface area contributed by atoms with Crippen LogP contribution in [0.1, 0.15) is 25.7 Å². The molecule has 3 heteroatoms. The molecule has 2 atom stereocenters. The molecule has 1 rings (SSSR count). The minimum atomic E-state index is 0.536. The maximum absolute atomic E-state index is 5.73. The Hall–Kier alpha value is -0.0151. The molecule has 2 nitrogen and oxygen atoms in total. The number of nitrogens with zero attached hydrogens (tertiary/aromatic N) is 1. The van der Waals surface area contributed by atoms with Crippen molar-refractivity contribution in [2.24, 2.45) is 0 Å². The van der Waals surface area contributed by atoms with E-state index in [2.05, 4.69) is 5.32 Å². The van der Waals surface area contributed by atoms with Crippen molar-refractivity contribution < 1.29 is 0 Å². The molecule has 0 bridgehead atoms. The fourth-order valence-electron chi connectivity index (χ4n) is 1.94. The molecule has 1 aliphatic carbocycles. The first-order valence-corrected chi connectivity index (χ1v) is 4.40. The second kappa shape index (κ2) is 4.12. The Morgan fingerprint density at radius 1 is 1.36 bits per heavy atom. The first kappa shape index (κ1) is 9.08. The highest BCUT2D eigenvalue weighted by atomic mass is 15.1. The zero-order valence-corrected chi connectivity index (χ0v) is 7.51. The van der Waals surface area contributed by atoms with Crippen LogP contribution in [-0.4, -0.2) is 39.0 Å². The van der Waals surface area contributed by atoms with Crippen molar-refractivity contribution in [2.45, 2.75) is 37.8 Å². The predicted molar refractivity (Wildman–Crippen MR) is 48.6 cm³/mol. The Morgan fingerprint density at radius 3 is 2.45 bits per heavy atom. The molecule has 3 radical (unpaired) electrons. The molecule has 0 aliphatic heterocycles. The van der Waals surface area contributed by atoms with E-state index in [4.69, 9.17) is 7.98 Å². The molecule has 1 aliphatic rings. The summed E-state index contributed by atoms with van der Waals surface area (Å²) >= 11 is 0. The van der Waals surface area contributed by atoms with E-state index in [1.54, 1.807) is 0 Å².